The summed E-state index contributed by atoms with van der Waals surface area (Å²) in [6, 6.07) is 19.4. The van der Waals surface area contributed by atoms with Crippen LogP contribution in [0.2, 0.25) is 0 Å². The van der Waals surface area contributed by atoms with Crippen LogP contribution in [0.1, 0.15) is 62.8 Å². The van der Waals surface area contributed by atoms with Crippen LogP contribution in [0.5, 0.6) is 11.5 Å². The van der Waals surface area contributed by atoms with Crippen molar-refractivity contribution in [3.05, 3.63) is 89.0 Å². The standard InChI is InChI=1S/C32H32N2O5S/c1-5-17-39-23-13-11-22(12-14-23)29(35)27-28(21-9-7-20(8-10-21)19(3)4)34(31(37)30(27)36)32-33-25-16-15-24(38-6-2)18-26(25)40-32/h7-16,18-19,28,35H,5-6,17H2,1-4H3. The van der Waals surface area contributed by atoms with Crippen molar-refractivity contribution in [1.82, 2.24) is 4.98 Å². The maximum atomic E-state index is 13.6. The number of ether oxygens (including phenoxy) is 2. The molecule has 2 heterocycles. The molecule has 7 nitrogen and oxygen atoms in total. The van der Waals surface area contributed by atoms with Gasteiger partial charge in [-0.3, -0.25) is 14.5 Å². The average Bonchev–Trinajstić information content (AvgIpc) is 3.49. The molecule has 0 bridgehead atoms. The van der Waals surface area contributed by atoms with Gasteiger partial charge < -0.3 is 14.6 Å². The predicted molar refractivity (Wildman–Crippen MR) is 158 cm³/mol. The molecule has 1 saturated heterocycles. The fraction of sp³-hybridized carbons (Fsp3) is 0.281. The summed E-state index contributed by atoms with van der Waals surface area (Å²) >= 11 is 1.31. The monoisotopic (exact) mass is 556 g/mol. The molecule has 0 spiro atoms. The molecule has 0 aliphatic carbocycles. The number of anilines is 1. The van der Waals surface area contributed by atoms with E-state index in [1.165, 1.54) is 16.2 Å². The van der Waals surface area contributed by atoms with Gasteiger partial charge in [-0.25, -0.2) is 4.98 Å². The molecule has 1 aromatic heterocycles. The van der Waals surface area contributed by atoms with Crippen molar-refractivity contribution in [3.8, 4) is 11.5 Å². The number of amides is 1. The van der Waals surface area contributed by atoms with E-state index in [4.69, 9.17) is 14.5 Å². The van der Waals surface area contributed by atoms with Gasteiger partial charge in [-0.2, -0.15) is 0 Å². The number of hydrogen-bond donors (Lipinski definition) is 1. The summed E-state index contributed by atoms with van der Waals surface area (Å²) in [7, 11) is 0. The average molecular weight is 557 g/mol. The fourth-order valence-corrected chi connectivity index (χ4v) is 5.77. The Kier molecular flexibility index (Phi) is 7.89. The van der Waals surface area contributed by atoms with Gasteiger partial charge >= 0.3 is 5.91 Å². The molecule has 3 aromatic carbocycles. The molecular weight excluding hydrogens is 524 g/mol. The van der Waals surface area contributed by atoms with Gasteiger partial charge in [0.2, 0.25) is 0 Å². The second-order valence-electron chi connectivity index (χ2n) is 9.92. The van der Waals surface area contributed by atoms with E-state index in [0.717, 1.165) is 16.7 Å². The molecule has 40 heavy (non-hydrogen) atoms. The zero-order valence-electron chi connectivity index (χ0n) is 23.0. The Bertz CT molecular complexity index is 1570. The molecule has 206 valence electrons. The third kappa shape index (κ3) is 5.19. The number of hydrogen-bond acceptors (Lipinski definition) is 7. The number of fused-ring (bicyclic) bond motifs is 1. The van der Waals surface area contributed by atoms with Gasteiger partial charge in [-0.15, -0.1) is 0 Å². The number of aliphatic hydroxyl groups excluding tert-OH is 1. The number of ketones is 1. The van der Waals surface area contributed by atoms with Crippen LogP contribution in [-0.4, -0.2) is 35.0 Å². The van der Waals surface area contributed by atoms with Crippen molar-refractivity contribution in [2.45, 2.75) is 46.1 Å². The molecule has 0 saturated carbocycles. The summed E-state index contributed by atoms with van der Waals surface area (Å²) in [5, 5.41) is 11.8. The van der Waals surface area contributed by atoms with Gasteiger partial charge in [0.15, 0.2) is 5.13 Å². The molecule has 1 amide bonds. The van der Waals surface area contributed by atoms with Gasteiger partial charge in [0, 0.05) is 5.56 Å². The minimum Gasteiger partial charge on any atom is -0.507 e. The van der Waals surface area contributed by atoms with E-state index in [9.17, 15) is 14.7 Å². The molecule has 8 heteroatoms. The zero-order valence-corrected chi connectivity index (χ0v) is 23.8. The first-order valence-corrected chi connectivity index (χ1v) is 14.3. The lowest BCUT2D eigenvalue weighted by Gasteiger charge is -2.23. The molecule has 1 unspecified atom stereocenters. The molecular formula is C32H32N2O5S. The molecule has 0 radical (unpaired) electrons. The Morgan fingerprint density at radius 2 is 1.68 bits per heavy atom. The number of benzene rings is 3. The highest BCUT2D eigenvalue weighted by Gasteiger charge is 2.48. The Morgan fingerprint density at radius 3 is 2.33 bits per heavy atom. The van der Waals surface area contributed by atoms with Crippen LogP contribution in [0.3, 0.4) is 0 Å². The van der Waals surface area contributed by atoms with Crippen molar-refractivity contribution < 1.29 is 24.2 Å². The molecule has 1 fully saturated rings. The lowest BCUT2D eigenvalue weighted by atomic mass is 9.93. The number of rotatable bonds is 9. The minimum atomic E-state index is -0.843. The lowest BCUT2D eigenvalue weighted by molar-refractivity contribution is -0.132. The van der Waals surface area contributed by atoms with E-state index in [0.29, 0.717) is 52.4 Å². The summed E-state index contributed by atoms with van der Waals surface area (Å²) in [6.07, 6.45) is 0.874. The van der Waals surface area contributed by atoms with Gasteiger partial charge in [-0.05, 0) is 72.9 Å². The third-order valence-corrected chi connectivity index (χ3v) is 7.85. The van der Waals surface area contributed by atoms with Crippen LogP contribution in [0.4, 0.5) is 5.13 Å². The largest absolute Gasteiger partial charge is 0.507 e. The summed E-state index contributed by atoms with van der Waals surface area (Å²) in [4.78, 5) is 33.2. The van der Waals surface area contributed by atoms with Crippen LogP contribution in [0.25, 0.3) is 16.0 Å². The van der Waals surface area contributed by atoms with Crippen LogP contribution >= 0.6 is 11.3 Å². The minimum absolute atomic E-state index is 0.0267. The molecule has 1 aliphatic rings. The Labute approximate surface area is 237 Å². The molecule has 4 aromatic rings. The zero-order chi connectivity index (χ0) is 28.4. The van der Waals surface area contributed by atoms with E-state index < -0.39 is 17.7 Å². The lowest BCUT2D eigenvalue weighted by Crippen LogP contribution is -2.29. The van der Waals surface area contributed by atoms with Crippen LogP contribution in [-0.2, 0) is 9.59 Å². The van der Waals surface area contributed by atoms with Crippen LogP contribution < -0.4 is 14.4 Å². The number of thiazole rings is 1. The number of Topliss-reactive ketones (excluding diaryl/α,β-unsaturated/α-hetero) is 1. The Hall–Kier alpha value is -4.17. The highest BCUT2D eigenvalue weighted by Crippen LogP contribution is 2.45. The number of carbonyl (C=O) groups excluding carboxylic acids is 2. The summed E-state index contributed by atoms with van der Waals surface area (Å²) in [6.45, 7) is 9.26. The van der Waals surface area contributed by atoms with E-state index in [1.54, 1.807) is 24.3 Å². The Balaban J connectivity index is 1.63. The first-order valence-electron chi connectivity index (χ1n) is 13.5. The summed E-state index contributed by atoms with van der Waals surface area (Å²) in [5.41, 5.74) is 2.99. The van der Waals surface area contributed by atoms with Crippen molar-refractivity contribution in [1.29, 1.82) is 0 Å². The number of aliphatic hydroxyl groups is 1. The number of carbonyl (C=O) groups is 2. The molecule has 1 atom stereocenters. The third-order valence-electron chi connectivity index (χ3n) is 6.83. The molecule has 1 aliphatic heterocycles. The summed E-state index contributed by atoms with van der Waals surface area (Å²) < 4.78 is 12.1. The van der Waals surface area contributed by atoms with Crippen LogP contribution in [0.15, 0.2) is 72.3 Å². The quantitative estimate of drug-likeness (QED) is 0.133. The van der Waals surface area contributed by atoms with Crippen molar-refractivity contribution >= 4 is 44.1 Å². The topological polar surface area (TPSA) is 89.0 Å². The second-order valence-corrected chi connectivity index (χ2v) is 10.9. The SMILES string of the molecule is CCCOc1ccc(C(O)=C2C(=O)C(=O)N(c3nc4ccc(OCC)cc4s3)C2c2ccc(C(C)C)cc2)cc1. The Morgan fingerprint density at radius 1 is 0.975 bits per heavy atom. The molecule has 5 rings (SSSR count). The van der Waals surface area contributed by atoms with Crippen molar-refractivity contribution in [2.24, 2.45) is 0 Å². The van der Waals surface area contributed by atoms with E-state index in [2.05, 4.69) is 13.8 Å². The number of aromatic nitrogens is 1. The highest BCUT2D eigenvalue weighted by atomic mass is 32.1. The second kappa shape index (κ2) is 11.5. The van der Waals surface area contributed by atoms with Gasteiger partial charge in [-0.1, -0.05) is 56.4 Å². The van der Waals surface area contributed by atoms with Gasteiger partial charge in [0.05, 0.1) is 35.0 Å². The van der Waals surface area contributed by atoms with E-state index in [1.807, 2.05) is 56.3 Å². The maximum absolute atomic E-state index is 13.6. The fourth-order valence-electron chi connectivity index (χ4n) is 4.75. The van der Waals surface area contributed by atoms with Gasteiger partial charge in [0.25, 0.3) is 5.78 Å². The van der Waals surface area contributed by atoms with Gasteiger partial charge in [0.1, 0.15) is 17.3 Å². The van der Waals surface area contributed by atoms with Crippen molar-refractivity contribution in [3.63, 3.8) is 0 Å². The first-order chi connectivity index (χ1) is 19.3. The first kappa shape index (κ1) is 27.4. The maximum Gasteiger partial charge on any atom is 0.301 e. The van der Waals surface area contributed by atoms with Crippen LogP contribution in [0, 0.1) is 0 Å². The normalized spacial score (nSPS) is 16.7. The smallest absolute Gasteiger partial charge is 0.301 e. The molecule has 1 N–H and O–H groups in total. The predicted octanol–water partition coefficient (Wildman–Crippen LogP) is 7.23. The summed E-state index contributed by atoms with van der Waals surface area (Å²) in [5.74, 6) is -0.0271. The highest BCUT2D eigenvalue weighted by molar-refractivity contribution is 7.22. The number of nitrogens with zero attached hydrogens (tertiary/aromatic N) is 2. The van der Waals surface area contributed by atoms with E-state index >= 15 is 0 Å². The van der Waals surface area contributed by atoms with E-state index in [-0.39, 0.29) is 11.3 Å². The van der Waals surface area contributed by atoms with Crippen molar-refractivity contribution in [2.75, 3.05) is 18.1 Å².